The van der Waals surface area contributed by atoms with E-state index in [1.807, 2.05) is 0 Å². The highest BCUT2D eigenvalue weighted by Crippen LogP contribution is 2.39. The summed E-state index contributed by atoms with van der Waals surface area (Å²) in [6.45, 7) is 11.3. The summed E-state index contributed by atoms with van der Waals surface area (Å²) in [5, 5.41) is 4.51. The van der Waals surface area contributed by atoms with Crippen LogP contribution < -0.4 is 0 Å². The molecule has 0 amide bonds. The zero-order valence-electron chi connectivity index (χ0n) is 34.7. The summed E-state index contributed by atoms with van der Waals surface area (Å²) in [5.74, 6) is 0. The third-order valence-corrected chi connectivity index (χ3v) is 11.8. The number of nitrogens with zero attached hydrogens (tertiary/aromatic N) is 4. The summed E-state index contributed by atoms with van der Waals surface area (Å²) < 4.78 is 0. The zero-order chi connectivity index (χ0) is 41.0. The number of hydrogen-bond donors (Lipinski definition) is 0. The van der Waals surface area contributed by atoms with Crippen LogP contribution in [0.5, 0.6) is 0 Å². The van der Waals surface area contributed by atoms with Gasteiger partial charge in [-0.2, -0.15) is 0 Å². The van der Waals surface area contributed by atoms with Gasteiger partial charge in [-0.05, 0) is 69.3 Å². The molecule has 2 heterocycles. The second kappa shape index (κ2) is 14.7. The summed E-state index contributed by atoms with van der Waals surface area (Å²) in [5.41, 5.74) is 14.9. The smallest absolute Gasteiger partial charge is 0.0972 e. The number of rotatable bonds is 7. The molecule has 60 heavy (non-hydrogen) atoms. The van der Waals surface area contributed by atoms with Crippen LogP contribution in [0.3, 0.4) is 0 Å². The van der Waals surface area contributed by atoms with Gasteiger partial charge < -0.3 is 0 Å². The first kappa shape index (κ1) is 37.2. The van der Waals surface area contributed by atoms with E-state index in [1.54, 1.807) is 0 Å². The maximum Gasteiger partial charge on any atom is 0.0972 e. The SMILES string of the molecule is CC(C)(C)c1nc2ccc3cc(CC(C)(C)c4nc5c(ccc6ccccc65)nc4-c4cccc(-c5ccccc5)c4)ccc3c2nc1-c1cccc(-c2ccccc2)c1. The van der Waals surface area contributed by atoms with Crippen molar-refractivity contribution >= 4 is 43.6 Å². The van der Waals surface area contributed by atoms with Crippen LogP contribution in [-0.4, -0.2) is 19.9 Å². The molecule has 0 N–H and O–H groups in total. The topological polar surface area (TPSA) is 51.6 Å². The van der Waals surface area contributed by atoms with Gasteiger partial charge in [0.25, 0.3) is 0 Å². The van der Waals surface area contributed by atoms with Crippen LogP contribution in [0.1, 0.15) is 51.6 Å². The van der Waals surface area contributed by atoms with Crippen molar-refractivity contribution in [3.63, 3.8) is 0 Å². The van der Waals surface area contributed by atoms with Gasteiger partial charge in [0.1, 0.15) is 0 Å². The molecule has 0 aliphatic rings. The highest BCUT2D eigenvalue weighted by Gasteiger charge is 2.30. The molecule has 10 aromatic rings. The van der Waals surface area contributed by atoms with Gasteiger partial charge >= 0.3 is 0 Å². The van der Waals surface area contributed by atoms with Gasteiger partial charge in [-0.15, -0.1) is 0 Å². The fraction of sp³-hybridized carbons (Fsp3) is 0.143. The van der Waals surface area contributed by atoms with Crippen molar-refractivity contribution in [2.75, 3.05) is 0 Å². The molecule has 0 fully saturated rings. The summed E-state index contributed by atoms with van der Waals surface area (Å²) in [4.78, 5) is 21.8. The molecular formula is C56H46N4. The Labute approximate surface area is 351 Å². The van der Waals surface area contributed by atoms with Gasteiger partial charge in [0.05, 0.1) is 44.8 Å². The van der Waals surface area contributed by atoms with E-state index in [0.717, 1.165) is 95.1 Å². The van der Waals surface area contributed by atoms with E-state index in [4.69, 9.17) is 19.9 Å². The van der Waals surface area contributed by atoms with Crippen LogP contribution >= 0.6 is 0 Å². The molecule has 0 spiro atoms. The fourth-order valence-corrected chi connectivity index (χ4v) is 8.74. The molecule has 0 aliphatic heterocycles. The molecule has 2 aromatic heterocycles. The van der Waals surface area contributed by atoms with Crippen molar-refractivity contribution in [3.8, 4) is 44.8 Å². The molecule has 290 valence electrons. The van der Waals surface area contributed by atoms with Crippen LogP contribution in [0.15, 0.2) is 176 Å². The van der Waals surface area contributed by atoms with E-state index < -0.39 is 0 Å². The summed E-state index contributed by atoms with van der Waals surface area (Å²) in [6, 6.07) is 62.4. The molecule has 0 radical (unpaired) electrons. The molecule has 0 saturated carbocycles. The van der Waals surface area contributed by atoms with Gasteiger partial charge in [0.2, 0.25) is 0 Å². The van der Waals surface area contributed by atoms with Crippen LogP contribution in [0.4, 0.5) is 0 Å². The lowest BCUT2D eigenvalue weighted by molar-refractivity contribution is 0.507. The van der Waals surface area contributed by atoms with Gasteiger partial charge in [0, 0.05) is 32.7 Å². The fourth-order valence-electron chi connectivity index (χ4n) is 8.74. The Morgan fingerprint density at radius 2 is 0.883 bits per heavy atom. The minimum absolute atomic E-state index is 0.205. The van der Waals surface area contributed by atoms with Gasteiger partial charge in [-0.25, -0.2) is 19.9 Å². The second-order valence-electron chi connectivity index (χ2n) is 17.7. The molecule has 0 aliphatic carbocycles. The molecule has 4 heteroatoms. The van der Waals surface area contributed by atoms with Gasteiger partial charge in [-0.1, -0.05) is 186 Å². The first-order valence-electron chi connectivity index (χ1n) is 20.8. The van der Waals surface area contributed by atoms with Crippen molar-refractivity contribution in [2.45, 2.75) is 51.9 Å². The lowest BCUT2D eigenvalue weighted by Gasteiger charge is -2.27. The van der Waals surface area contributed by atoms with Crippen LogP contribution in [0, 0.1) is 0 Å². The summed E-state index contributed by atoms with van der Waals surface area (Å²) in [7, 11) is 0. The lowest BCUT2D eigenvalue weighted by Crippen LogP contribution is -2.24. The Morgan fingerprint density at radius 1 is 0.367 bits per heavy atom. The Kier molecular flexibility index (Phi) is 9.10. The molecule has 0 saturated heterocycles. The minimum atomic E-state index is -0.376. The third kappa shape index (κ3) is 6.88. The van der Waals surface area contributed by atoms with E-state index in [0.29, 0.717) is 0 Å². The van der Waals surface area contributed by atoms with Crippen molar-refractivity contribution < 1.29 is 0 Å². The molecule has 0 unspecified atom stereocenters. The predicted octanol–water partition coefficient (Wildman–Crippen LogP) is 14.4. The Balaban J connectivity index is 1.08. The number of aromatic nitrogens is 4. The summed E-state index contributed by atoms with van der Waals surface area (Å²) in [6.07, 6.45) is 0.767. The van der Waals surface area contributed by atoms with E-state index in [2.05, 4.69) is 211 Å². The number of benzene rings is 8. The highest BCUT2D eigenvalue weighted by atomic mass is 14.9. The molecule has 10 rings (SSSR count). The van der Waals surface area contributed by atoms with Crippen molar-refractivity contribution in [1.82, 2.24) is 19.9 Å². The van der Waals surface area contributed by atoms with E-state index in [1.165, 1.54) is 16.7 Å². The maximum atomic E-state index is 5.56. The van der Waals surface area contributed by atoms with E-state index in [-0.39, 0.29) is 10.8 Å². The molecule has 4 nitrogen and oxygen atoms in total. The number of fused-ring (bicyclic) bond motifs is 6. The average Bonchev–Trinajstić information content (AvgIpc) is 3.28. The first-order valence-corrected chi connectivity index (χ1v) is 20.8. The summed E-state index contributed by atoms with van der Waals surface area (Å²) >= 11 is 0. The maximum absolute atomic E-state index is 5.56. The molecule has 8 aromatic carbocycles. The van der Waals surface area contributed by atoms with Crippen molar-refractivity contribution in [2.24, 2.45) is 0 Å². The highest BCUT2D eigenvalue weighted by molar-refractivity contribution is 6.05. The van der Waals surface area contributed by atoms with E-state index >= 15 is 0 Å². The van der Waals surface area contributed by atoms with Crippen LogP contribution in [-0.2, 0) is 17.3 Å². The quantitative estimate of drug-likeness (QED) is 0.151. The Hall–Kier alpha value is -7.04. The van der Waals surface area contributed by atoms with Gasteiger partial charge in [-0.3, -0.25) is 0 Å². The Morgan fingerprint density at radius 3 is 1.53 bits per heavy atom. The van der Waals surface area contributed by atoms with Crippen LogP contribution in [0.2, 0.25) is 0 Å². The van der Waals surface area contributed by atoms with Crippen molar-refractivity contribution in [1.29, 1.82) is 0 Å². The molecule has 0 atom stereocenters. The molecule has 0 bridgehead atoms. The van der Waals surface area contributed by atoms with Crippen molar-refractivity contribution in [3.05, 3.63) is 193 Å². The predicted molar refractivity (Wildman–Crippen MR) is 251 cm³/mol. The van der Waals surface area contributed by atoms with Crippen LogP contribution in [0.25, 0.3) is 88.4 Å². The standard InChI is InChI=1S/C56H46N4/c1-55(2,3)53-49(43-23-14-21-40(33-43)37-16-8-6-9-17-37)59-51-46-29-26-36(32-42(46)28-31-48(51)58-53)35-56(4,5)54-50(44-24-15-22-41(34-44)38-18-10-7-11-19-38)57-47-30-27-39-20-12-13-25-45(39)52(47)60-54/h6-34H,35H2,1-5H3. The van der Waals surface area contributed by atoms with E-state index in [9.17, 15) is 0 Å². The normalized spacial score (nSPS) is 12.2. The lowest BCUT2D eigenvalue weighted by atomic mass is 9.79. The molecular weight excluding hydrogens is 729 g/mol. The monoisotopic (exact) mass is 774 g/mol. The Bertz CT molecular complexity index is 3230. The average molecular weight is 775 g/mol. The van der Waals surface area contributed by atoms with Gasteiger partial charge in [0.15, 0.2) is 0 Å². The second-order valence-corrected chi connectivity index (χ2v) is 17.7. The first-order chi connectivity index (χ1) is 29.1. The minimum Gasteiger partial charge on any atom is -0.248 e. The number of hydrogen-bond acceptors (Lipinski definition) is 4. The largest absolute Gasteiger partial charge is 0.248 e. The zero-order valence-corrected chi connectivity index (χ0v) is 34.7. The third-order valence-electron chi connectivity index (χ3n) is 11.8.